The Morgan fingerprint density at radius 3 is 2.71 bits per heavy atom. The van der Waals surface area contributed by atoms with Crippen LogP contribution in [0.15, 0.2) is 10.7 Å². The minimum atomic E-state index is -4.49. The van der Waals surface area contributed by atoms with Gasteiger partial charge in [0.05, 0.1) is 0 Å². The number of rotatable bonds is 3. The summed E-state index contributed by atoms with van der Waals surface area (Å²) in [7, 11) is 0. The number of nitrogens with zero attached hydrogens (tertiary/aromatic N) is 4. The van der Waals surface area contributed by atoms with Gasteiger partial charge < -0.3 is 14.4 Å². The lowest BCUT2D eigenvalue weighted by Gasteiger charge is -2.37. The second kappa shape index (κ2) is 6.89. The monoisotopic (exact) mass is 397 g/mol. The number of hydrogen-bond donors (Lipinski definition) is 1. The number of nitrogens with one attached hydrogen (secondary N) is 1. The van der Waals surface area contributed by atoms with Crippen LogP contribution in [-0.4, -0.2) is 25.6 Å². The van der Waals surface area contributed by atoms with Crippen molar-refractivity contribution >= 4 is 5.91 Å². The van der Waals surface area contributed by atoms with Gasteiger partial charge in [0, 0.05) is 37.7 Å². The van der Waals surface area contributed by atoms with Gasteiger partial charge in [0.25, 0.3) is 0 Å². The van der Waals surface area contributed by atoms with Crippen LogP contribution in [0, 0.1) is 12.8 Å². The van der Waals surface area contributed by atoms with Crippen molar-refractivity contribution in [3.8, 4) is 0 Å². The van der Waals surface area contributed by atoms with Gasteiger partial charge in [0.2, 0.25) is 17.6 Å². The number of carbonyl (C=O) groups excluding carboxylic acids is 1. The van der Waals surface area contributed by atoms with Gasteiger partial charge in [0.1, 0.15) is 5.54 Å². The first-order valence-corrected chi connectivity index (χ1v) is 9.53. The van der Waals surface area contributed by atoms with Gasteiger partial charge in [-0.1, -0.05) is 24.4 Å². The quantitative estimate of drug-likeness (QED) is 0.860. The van der Waals surface area contributed by atoms with Crippen molar-refractivity contribution in [2.24, 2.45) is 5.92 Å². The molecule has 7 nitrogen and oxygen atoms in total. The van der Waals surface area contributed by atoms with Crippen molar-refractivity contribution in [2.75, 3.05) is 0 Å². The molecular formula is C18H22F3N5O2. The standard InChI is InChI=1S/C18H22F3N5O2/c1-11-23-15(25-28-11)17(6-3-2-4-7-17)24-14(27)12-5-8-26-13(9-12)10-22-16(26)18(19,20)21/h10,12H,2-9H2,1H3,(H,24,27). The number of aromatic nitrogens is 4. The number of imidazole rings is 1. The largest absolute Gasteiger partial charge is 0.449 e. The molecule has 0 aromatic carbocycles. The number of amides is 1. The predicted molar refractivity (Wildman–Crippen MR) is 91.0 cm³/mol. The third-order valence-corrected chi connectivity index (χ3v) is 5.74. The van der Waals surface area contributed by atoms with Gasteiger partial charge in [-0.3, -0.25) is 4.79 Å². The summed E-state index contributed by atoms with van der Waals surface area (Å²) in [5, 5.41) is 7.16. The van der Waals surface area contributed by atoms with E-state index in [1.165, 1.54) is 10.8 Å². The van der Waals surface area contributed by atoms with E-state index in [1.807, 2.05) is 0 Å². The number of alkyl halides is 3. The maximum absolute atomic E-state index is 13.0. The second-order valence-electron chi connectivity index (χ2n) is 7.68. The van der Waals surface area contributed by atoms with Crippen molar-refractivity contribution < 1.29 is 22.5 Å². The zero-order valence-corrected chi connectivity index (χ0v) is 15.6. The molecule has 0 radical (unpaired) electrons. The highest BCUT2D eigenvalue weighted by Gasteiger charge is 2.43. The minimum absolute atomic E-state index is 0.122. The van der Waals surface area contributed by atoms with E-state index in [9.17, 15) is 18.0 Å². The molecule has 2 aliphatic rings. The SMILES string of the molecule is Cc1nc(C2(NC(=O)C3CCn4c(cnc4C(F)(F)F)C3)CCCCC2)no1. The number of halogens is 3. The number of hydrogen-bond acceptors (Lipinski definition) is 5. The lowest BCUT2D eigenvalue weighted by Crippen LogP contribution is -2.50. The molecular weight excluding hydrogens is 375 g/mol. The topological polar surface area (TPSA) is 85.8 Å². The molecule has 0 spiro atoms. The fraction of sp³-hybridized carbons (Fsp3) is 0.667. The van der Waals surface area contributed by atoms with Crippen LogP contribution in [-0.2, 0) is 29.5 Å². The first kappa shape index (κ1) is 18.9. The van der Waals surface area contributed by atoms with Crippen molar-refractivity contribution in [3.05, 3.63) is 29.4 Å². The molecule has 2 aromatic heterocycles. The van der Waals surface area contributed by atoms with Gasteiger partial charge >= 0.3 is 6.18 Å². The molecule has 152 valence electrons. The van der Waals surface area contributed by atoms with Crippen LogP contribution >= 0.6 is 0 Å². The van der Waals surface area contributed by atoms with Crippen LogP contribution in [0.25, 0.3) is 0 Å². The van der Waals surface area contributed by atoms with Crippen molar-refractivity contribution in [2.45, 2.75) is 70.1 Å². The Hall–Kier alpha value is -2.39. The van der Waals surface area contributed by atoms with E-state index in [1.54, 1.807) is 6.92 Å². The molecule has 3 heterocycles. The van der Waals surface area contributed by atoms with Gasteiger partial charge in [-0.15, -0.1) is 0 Å². The molecule has 1 unspecified atom stereocenters. The summed E-state index contributed by atoms with van der Waals surface area (Å²) < 4.78 is 45.4. The Morgan fingerprint density at radius 1 is 1.32 bits per heavy atom. The predicted octanol–water partition coefficient (Wildman–Crippen LogP) is 3.13. The lowest BCUT2D eigenvalue weighted by molar-refractivity contribution is -0.147. The maximum Gasteiger partial charge on any atom is 0.449 e. The maximum atomic E-state index is 13.0. The Kier molecular flexibility index (Phi) is 4.67. The molecule has 0 saturated heterocycles. The fourth-order valence-electron chi connectivity index (χ4n) is 4.30. The number of fused-ring (bicyclic) bond motifs is 1. The molecule has 1 atom stereocenters. The van der Waals surface area contributed by atoms with E-state index < -0.39 is 23.5 Å². The zero-order chi connectivity index (χ0) is 19.9. The summed E-state index contributed by atoms with van der Waals surface area (Å²) in [6.45, 7) is 1.83. The zero-order valence-electron chi connectivity index (χ0n) is 15.6. The summed E-state index contributed by atoms with van der Waals surface area (Å²) in [6.07, 6.45) is 1.71. The van der Waals surface area contributed by atoms with E-state index in [2.05, 4.69) is 20.4 Å². The van der Waals surface area contributed by atoms with Crippen LogP contribution in [0.4, 0.5) is 13.2 Å². The summed E-state index contributed by atoms with van der Waals surface area (Å²) in [6, 6.07) is 0. The minimum Gasteiger partial charge on any atom is -0.343 e. The van der Waals surface area contributed by atoms with E-state index in [-0.39, 0.29) is 18.9 Å². The van der Waals surface area contributed by atoms with E-state index in [4.69, 9.17) is 4.52 Å². The molecule has 1 aliphatic carbocycles. The highest BCUT2D eigenvalue weighted by atomic mass is 19.4. The van der Waals surface area contributed by atoms with Crippen LogP contribution in [0.3, 0.4) is 0 Å². The molecule has 1 saturated carbocycles. The van der Waals surface area contributed by atoms with Crippen molar-refractivity contribution in [1.82, 2.24) is 25.0 Å². The number of aryl methyl sites for hydroxylation is 1. The van der Waals surface area contributed by atoms with Crippen LogP contribution in [0.1, 0.15) is 61.8 Å². The molecule has 1 amide bonds. The highest BCUT2D eigenvalue weighted by Crippen LogP contribution is 2.37. The molecule has 4 rings (SSSR count). The Bertz CT molecular complexity index is 867. The van der Waals surface area contributed by atoms with Crippen LogP contribution < -0.4 is 5.32 Å². The average molecular weight is 397 g/mol. The molecule has 1 fully saturated rings. The molecule has 0 bridgehead atoms. The summed E-state index contributed by atoms with van der Waals surface area (Å²) >= 11 is 0. The Balaban J connectivity index is 1.52. The van der Waals surface area contributed by atoms with Crippen molar-refractivity contribution in [3.63, 3.8) is 0 Å². The Labute approximate surface area is 159 Å². The van der Waals surface area contributed by atoms with Crippen molar-refractivity contribution in [1.29, 1.82) is 0 Å². The van der Waals surface area contributed by atoms with Gasteiger partial charge in [0.15, 0.2) is 5.82 Å². The average Bonchev–Trinajstić information content (AvgIpc) is 3.28. The smallest absolute Gasteiger partial charge is 0.343 e. The first-order chi connectivity index (χ1) is 13.3. The second-order valence-corrected chi connectivity index (χ2v) is 7.68. The van der Waals surface area contributed by atoms with Crippen LogP contribution in [0.5, 0.6) is 0 Å². The molecule has 2 aromatic rings. The van der Waals surface area contributed by atoms with Crippen LogP contribution in [0.2, 0.25) is 0 Å². The van der Waals surface area contributed by atoms with Gasteiger partial charge in [-0.2, -0.15) is 18.2 Å². The van der Waals surface area contributed by atoms with Gasteiger partial charge in [-0.25, -0.2) is 4.98 Å². The van der Waals surface area contributed by atoms with E-state index in [0.29, 0.717) is 23.8 Å². The third kappa shape index (κ3) is 3.40. The lowest BCUT2D eigenvalue weighted by atomic mass is 9.80. The summed E-state index contributed by atoms with van der Waals surface area (Å²) in [5.41, 5.74) is -0.228. The highest BCUT2D eigenvalue weighted by molar-refractivity contribution is 5.80. The molecule has 10 heteroatoms. The van der Waals surface area contributed by atoms with E-state index >= 15 is 0 Å². The third-order valence-electron chi connectivity index (χ3n) is 5.74. The fourth-order valence-corrected chi connectivity index (χ4v) is 4.30. The van der Waals surface area contributed by atoms with Gasteiger partial charge in [-0.05, 0) is 19.3 Å². The summed E-state index contributed by atoms with van der Waals surface area (Å²) in [5.74, 6) is -0.552. The molecule has 1 aliphatic heterocycles. The number of carbonyl (C=O) groups is 1. The first-order valence-electron chi connectivity index (χ1n) is 9.53. The normalized spacial score (nSPS) is 21.9. The molecule has 28 heavy (non-hydrogen) atoms. The Morgan fingerprint density at radius 2 is 2.07 bits per heavy atom. The molecule has 1 N–H and O–H groups in total. The van der Waals surface area contributed by atoms with E-state index in [0.717, 1.165) is 32.1 Å². The summed E-state index contributed by atoms with van der Waals surface area (Å²) in [4.78, 5) is 20.9.